The van der Waals surface area contributed by atoms with E-state index in [1.165, 1.54) is 21.1 Å². The summed E-state index contributed by atoms with van der Waals surface area (Å²) in [6.45, 7) is 3.92. The highest BCUT2D eigenvalue weighted by atomic mass is 79.9. The van der Waals surface area contributed by atoms with Gasteiger partial charge in [-0.3, -0.25) is 9.59 Å². The van der Waals surface area contributed by atoms with E-state index >= 15 is 0 Å². The summed E-state index contributed by atoms with van der Waals surface area (Å²) < 4.78 is 17.1. The quantitative estimate of drug-likeness (QED) is 0.532. The fraction of sp³-hybridized carbons (Fsp3) is 0.286. The lowest BCUT2D eigenvalue weighted by Gasteiger charge is -2.15. The highest BCUT2D eigenvalue weighted by molar-refractivity contribution is 9.10. The van der Waals surface area contributed by atoms with Crippen molar-refractivity contribution in [3.8, 4) is 28.6 Å². The van der Waals surface area contributed by atoms with Crippen LogP contribution in [0, 0.1) is 0 Å². The number of amides is 1. The number of H-pyrrole nitrogens is 1. The number of ether oxygens (including phenoxy) is 3. The molecule has 1 amide bonds. The minimum atomic E-state index is -0.374. The number of halogens is 1. The van der Waals surface area contributed by atoms with Gasteiger partial charge in [0.2, 0.25) is 5.91 Å². The summed E-state index contributed by atoms with van der Waals surface area (Å²) in [7, 11) is 3.00. The fourth-order valence-corrected chi connectivity index (χ4v) is 3.57. The molecule has 3 aromatic rings. The summed E-state index contributed by atoms with van der Waals surface area (Å²) in [6, 6.07) is 6.80. The van der Waals surface area contributed by atoms with Crippen LogP contribution in [0.5, 0.6) is 17.2 Å². The van der Waals surface area contributed by atoms with Crippen molar-refractivity contribution in [2.75, 3.05) is 26.1 Å². The third-order valence-electron chi connectivity index (χ3n) is 4.31. The number of aromatic amines is 1. The molecule has 3 rings (SSSR count). The Kier molecular flexibility index (Phi) is 6.61. The van der Waals surface area contributed by atoms with Crippen molar-refractivity contribution in [1.82, 2.24) is 9.97 Å². The zero-order valence-electron chi connectivity index (χ0n) is 17.1. The minimum absolute atomic E-state index is 0.208. The molecule has 0 radical (unpaired) electrons. The Balaban J connectivity index is 2.28. The third-order valence-corrected chi connectivity index (χ3v) is 5.08. The van der Waals surface area contributed by atoms with Gasteiger partial charge in [-0.15, -0.1) is 0 Å². The van der Waals surface area contributed by atoms with Crippen LogP contribution >= 0.6 is 15.9 Å². The molecule has 0 unspecified atom stereocenters. The SMILES string of the molecule is CCCOc1ccc(NC(C)=O)cc1-c1nc2c(Br)c(OC)cc(OC)c2c(=O)[nH]1. The number of rotatable bonds is 7. The van der Waals surface area contributed by atoms with E-state index in [-0.39, 0.29) is 11.5 Å². The van der Waals surface area contributed by atoms with Crippen LogP contribution < -0.4 is 25.1 Å². The van der Waals surface area contributed by atoms with Crippen molar-refractivity contribution in [1.29, 1.82) is 0 Å². The number of anilines is 1. The number of nitrogens with one attached hydrogen (secondary N) is 2. The minimum Gasteiger partial charge on any atom is -0.496 e. The maximum Gasteiger partial charge on any atom is 0.262 e. The normalized spacial score (nSPS) is 10.7. The monoisotopic (exact) mass is 475 g/mol. The van der Waals surface area contributed by atoms with Gasteiger partial charge in [-0.25, -0.2) is 4.98 Å². The molecule has 0 fully saturated rings. The molecule has 9 heteroatoms. The summed E-state index contributed by atoms with van der Waals surface area (Å²) in [5.74, 6) is 1.46. The van der Waals surface area contributed by atoms with E-state index in [9.17, 15) is 9.59 Å². The predicted octanol–water partition coefficient (Wildman–Crippen LogP) is 4.12. The average Bonchev–Trinajstić information content (AvgIpc) is 2.72. The first kappa shape index (κ1) is 21.6. The van der Waals surface area contributed by atoms with Gasteiger partial charge in [-0.1, -0.05) is 6.92 Å². The second kappa shape index (κ2) is 9.17. The van der Waals surface area contributed by atoms with Crippen molar-refractivity contribution in [2.45, 2.75) is 20.3 Å². The predicted molar refractivity (Wildman–Crippen MR) is 119 cm³/mol. The van der Waals surface area contributed by atoms with Crippen LogP contribution in [0.1, 0.15) is 20.3 Å². The number of benzene rings is 2. The molecule has 1 aromatic heterocycles. The molecule has 0 aliphatic carbocycles. The van der Waals surface area contributed by atoms with Crippen molar-refractivity contribution < 1.29 is 19.0 Å². The summed E-state index contributed by atoms with van der Waals surface area (Å²) in [6.07, 6.45) is 0.814. The van der Waals surface area contributed by atoms with Gasteiger partial charge in [0.15, 0.2) is 0 Å². The van der Waals surface area contributed by atoms with E-state index in [0.29, 0.717) is 56.3 Å². The van der Waals surface area contributed by atoms with Gasteiger partial charge < -0.3 is 24.5 Å². The standard InChI is InChI=1S/C21H22BrN3O5/c1-5-8-30-14-7-6-12(23-11(2)26)9-13(14)20-24-19-17(21(27)25-20)15(28-3)10-16(29-4)18(19)22/h6-7,9-10H,5,8H2,1-4H3,(H,23,26)(H,24,25,27). The van der Waals surface area contributed by atoms with Crippen LogP contribution in [-0.2, 0) is 4.79 Å². The first-order valence-electron chi connectivity index (χ1n) is 9.28. The van der Waals surface area contributed by atoms with Gasteiger partial charge in [-0.2, -0.15) is 0 Å². The molecular formula is C21H22BrN3O5. The lowest BCUT2D eigenvalue weighted by Crippen LogP contribution is -2.12. The maximum absolute atomic E-state index is 12.9. The summed E-state index contributed by atoms with van der Waals surface area (Å²) >= 11 is 3.47. The smallest absolute Gasteiger partial charge is 0.262 e. The topological polar surface area (TPSA) is 103 Å². The maximum atomic E-state index is 12.9. The molecule has 2 aromatic carbocycles. The number of methoxy groups -OCH3 is 2. The Morgan fingerprint density at radius 2 is 1.90 bits per heavy atom. The van der Waals surface area contributed by atoms with E-state index in [0.717, 1.165) is 6.42 Å². The van der Waals surface area contributed by atoms with Crippen molar-refractivity contribution in [3.05, 3.63) is 39.1 Å². The van der Waals surface area contributed by atoms with Crippen LogP contribution in [0.2, 0.25) is 0 Å². The van der Waals surface area contributed by atoms with E-state index in [4.69, 9.17) is 14.2 Å². The van der Waals surface area contributed by atoms with E-state index in [1.807, 2.05) is 6.92 Å². The molecule has 0 bridgehead atoms. The number of aromatic nitrogens is 2. The number of fused-ring (bicyclic) bond motifs is 1. The Hall–Kier alpha value is -3.07. The van der Waals surface area contributed by atoms with Crippen LogP contribution in [0.4, 0.5) is 5.69 Å². The lowest BCUT2D eigenvalue weighted by molar-refractivity contribution is -0.114. The van der Waals surface area contributed by atoms with E-state index in [2.05, 4.69) is 31.2 Å². The van der Waals surface area contributed by atoms with Gasteiger partial charge in [0.1, 0.15) is 28.5 Å². The van der Waals surface area contributed by atoms with Crippen LogP contribution in [0.25, 0.3) is 22.3 Å². The molecule has 0 atom stereocenters. The van der Waals surface area contributed by atoms with Gasteiger partial charge in [0, 0.05) is 18.7 Å². The van der Waals surface area contributed by atoms with Gasteiger partial charge in [0.25, 0.3) is 5.56 Å². The molecule has 1 heterocycles. The van der Waals surface area contributed by atoms with Crippen LogP contribution in [0.3, 0.4) is 0 Å². The fourth-order valence-electron chi connectivity index (χ4n) is 3.00. The molecule has 158 valence electrons. The zero-order valence-corrected chi connectivity index (χ0v) is 18.7. The van der Waals surface area contributed by atoms with Gasteiger partial charge >= 0.3 is 0 Å². The zero-order chi connectivity index (χ0) is 21.8. The first-order valence-corrected chi connectivity index (χ1v) is 10.1. The van der Waals surface area contributed by atoms with Crippen molar-refractivity contribution in [2.24, 2.45) is 0 Å². The molecule has 0 aliphatic rings. The average molecular weight is 476 g/mol. The highest BCUT2D eigenvalue weighted by Gasteiger charge is 2.19. The molecule has 0 aliphatic heterocycles. The summed E-state index contributed by atoms with van der Waals surface area (Å²) in [5, 5.41) is 3.03. The number of carbonyl (C=O) groups is 1. The third kappa shape index (κ3) is 4.25. The Morgan fingerprint density at radius 3 is 2.53 bits per heavy atom. The van der Waals surface area contributed by atoms with E-state index in [1.54, 1.807) is 24.3 Å². The number of carbonyl (C=O) groups excluding carboxylic acids is 1. The molecule has 30 heavy (non-hydrogen) atoms. The highest BCUT2D eigenvalue weighted by Crippen LogP contribution is 2.38. The molecule has 2 N–H and O–H groups in total. The Labute approximate surface area is 181 Å². The summed E-state index contributed by atoms with van der Waals surface area (Å²) in [5.41, 5.74) is 1.12. The first-order chi connectivity index (χ1) is 14.4. The molecule has 8 nitrogen and oxygen atoms in total. The Bertz CT molecular complexity index is 1160. The van der Waals surface area contributed by atoms with Crippen molar-refractivity contribution >= 4 is 38.4 Å². The number of nitrogens with zero attached hydrogens (tertiary/aromatic N) is 1. The number of hydrogen-bond donors (Lipinski definition) is 2. The lowest BCUT2D eigenvalue weighted by atomic mass is 10.1. The number of hydrogen-bond acceptors (Lipinski definition) is 6. The summed E-state index contributed by atoms with van der Waals surface area (Å²) in [4.78, 5) is 31.9. The molecule has 0 saturated carbocycles. The van der Waals surface area contributed by atoms with Gasteiger partial charge in [-0.05, 0) is 40.5 Å². The molecule has 0 spiro atoms. The van der Waals surface area contributed by atoms with Crippen molar-refractivity contribution in [3.63, 3.8) is 0 Å². The van der Waals surface area contributed by atoms with Gasteiger partial charge in [0.05, 0.1) is 36.4 Å². The largest absolute Gasteiger partial charge is 0.496 e. The molecule has 0 saturated heterocycles. The van der Waals surface area contributed by atoms with Crippen LogP contribution in [-0.4, -0.2) is 36.7 Å². The van der Waals surface area contributed by atoms with Crippen LogP contribution in [0.15, 0.2) is 33.5 Å². The molecular weight excluding hydrogens is 454 g/mol. The Morgan fingerprint density at radius 1 is 1.17 bits per heavy atom. The van der Waals surface area contributed by atoms with E-state index < -0.39 is 0 Å². The second-order valence-electron chi connectivity index (χ2n) is 6.47. The second-order valence-corrected chi connectivity index (χ2v) is 7.27.